The van der Waals surface area contributed by atoms with E-state index in [9.17, 15) is 18.0 Å². The number of amides is 1. The topological polar surface area (TPSA) is 117 Å². The molecule has 8 nitrogen and oxygen atoms in total. The normalized spacial score (nSPS) is 11.7. The lowest BCUT2D eigenvalue weighted by atomic mass is 10.1. The van der Waals surface area contributed by atoms with Crippen molar-refractivity contribution in [2.24, 2.45) is 0 Å². The molecule has 2 aromatic rings. The van der Waals surface area contributed by atoms with Crippen LogP contribution in [0, 0.1) is 13.8 Å². The molecule has 0 spiro atoms. The number of benzene rings is 1. The zero-order chi connectivity index (χ0) is 23.3. The molecule has 0 saturated heterocycles. The van der Waals surface area contributed by atoms with Crippen LogP contribution in [0.3, 0.4) is 0 Å². The van der Waals surface area contributed by atoms with E-state index in [1.807, 2.05) is 0 Å². The maximum Gasteiger partial charge on any atom is 0.340 e. The van der Waals surface area contributed by atoms with Gasteiger partial charge in [0.1, 0.15) is 5.69 Å². The van der Waals surface area contributed by atoms with Crippen molar-refractivity contribution in [1.82, 2.24) is 15.0 Å². The Bertz CT molecular complexity index is 1040. The Morgan fingerprint density at radius 1 is 1.03 bits per heavy atom. The number of carbonyl (C=O) groups excluding carboxylic acids is 2. The molecule has 0 unspecified atom stereocenters. The summed E-state index contributed by atoms with van der Waals surface area (Å²) < 4.78 is 31.9. The lowest BCUT2D eigenvalue weighted by molar-refractivity contribution is 0.0376. The fourth-order valence-electron chi connectivity index (χ4n) is 3.20. The Morgan fingerprint density at radius 3 is 2.16 bits per heavy atom. The van der Waals surface area contributed by atoms with Gasteiger partial charge in [-0.1, -0.05) is 24.3 Å². The van der Waals surface area contributed by atoms with E-state index < -0.39 is 16.0 Å². The molecular weight excluding hydrogens is 418 g/mol. The predicted octanol–water partition coefficient (Wildman–Crippen LogP) is 2.95. The molecule has 0 atom stereocenters. The summed E-state index contributed by atoms with van der Waals surface area (Å²) in [4.78, 5) is 27.9. The van der Waals surface area contributed by atoms with Gasteiger partial charge in [-0.05, 0) is 58.2 Å². The van der Waals surface area contributed by atoms with Crippen LogP contribution in [0.2, 0.25) is 0 Å². The van der Waals surface area contributed by atoms with Gasteiger partial charge in [0, 0.05) is 18.3 Å². The van der Waals surface area contributed by atoms with Crippen LogP contribution in [0.15, 0.2) is 24.3 Å². The second-order valence-corrected chi connectivity index (χ2v) is 9.86. The van der Waals surface area contributed by atoms with Crippen molar-refractivity contribution in [1.29, 1.82) is 0 Å². The highest BCUT2D eigenvalue weighted by molar-refractivity contribution is 7.88. The first-order chi connectivity index (χ1) is 14.4. The summed E-state index contributed by atoms with van der Waals surface area (Å²) in [6.07, 6.45) is -0.252. The fourth-order valence-corrected chi connectivity index (χ4v) is 4.63. The number of H-pyrrole nitrogens is 1. The molecule has 31 heavy (non-hydrogen) atoms. The molecule has 0 saturated carbocycles. The molecule has 1 amide bonds. The summed E-state index contributed by atoms with van der Waals surface area (Å²) in [5.74, 6) is -0.900. The molecule has 1 heterocycles. The average molecular weight is 450 g/mol. The average Bonchev–Trinajstić information content (AvgIpc) is 2.93. The van der Waals surface area contributed by atoms with Gasteiger partial charge in [0.25, 0.3) is 5.91 Å². The van der Waals surface area contributed by atoms with Gasteiger partial charge in [-0.2, -0.15) is 0 Å². The number of aromatic amines is 1. The van der Waals surface area contributed by atoms with E-state index in [1.165, 1.54) is 0 Å². The van der Waals surface area contributed by atoms with Crippen molar-refractivity contribution in [2.45, 2.75) is 66.0 Å². The summed E-state index contributed by atoms with van der Waals surface area (Å²) in [6.45, 7) is 10.8. The zero-order valence-corrected chi connectivity index (χ0v) is 19.6. The molecule has 0 aliphatic heterocycles. The minimum Gasteiger partial charge on any atom is -0.459 e. The van der Waals surface area contributed by atoms with Gasteiger partial charge in [-0.15, -0.1) is 0 Å². The highest BCUT2D eigenvalue weighted by Gasteiger charge is 2.23. The first-order valence-electron chi connectivity index (χ1n) is 10.2. The number of aromatic nitrogens is 1. The fraction of sp³-hybridized carbons (Fsp3) is 0.455. The lowest BCUT2D eigenvalue weighted by Gasteiger charge is -2.10. The Hall–Kier alpha value is -2.65. The van der Waals surface area contributed by atoms with Crippen LogP contribution in [0.4, 0.5) is 0 Å². The molecule has 0 aliphatic carbocycles. The van der Waals surface area contributed by atoms with Crippen LogP contribution in [-0.2, 0) is 27.1 Å². The Kier molecular flexibility index (Phi) is 8.02. The van der Waals surface area contributed by atoms with E-state index in [2.05, 4.69) is 15.0 Å². The number of esters is 1. The van der Waals surface area contributed by atoms with Crippen LogP contribution < -0.4 is 10.0 Å². The SMILES string of the molecule is Cc1[nH]c(C(=O)NCc2ccc(CS(=O)(=O)NC(C)C)cc2)c(C)c1C(=O)OC(C)C. The van der Waals surface area contributed by atoms with Crippen molar-refractivity contribution >= 4 is 21.9 Å². The molecule has 1 aromatic heterocycles. The van der Waals surface area contributed by atoms with Gasteiger partial charge in [0.2, 0.25) is 10.0 Å². The number of sulfonamides is 1. The molecule has 0 bridgehead atoms. The zero-order valence-electron chi connectivity index (χ0n) is 18.8. The predicted molar refractivity (Wildman–Crippen MR) is 119 cm³/mol. The third kappa shape index (κ3) is 6.93. The smallest absolute Gasteiger partial charge is 0.340 e. The van der Waals surface area contributed by atoms with Gasteiger partial charge in [-0.25, -0.2) is 17.9 Å². The quantitative estimate of drug-likeness (QED) is 0.509. The second-order valence-electron chi connectivity index (χ2n) is 8.11. The largest absolute Gasteiger partial charge is 0.459 e. The first kappa shape index (κ1) is 24.6. The van der Waals surface area contributed by atoms with Gasteiger partial charge < -0.3 is 15.0 Å². The van der Waals surface area contributed by atoms with Gasteiger partial charge in [0.15, 0.2) is 0 Å². The van der Waals surface area contributed by atoms with Gasteiger partial charge >= 0.3 is 5.97 Å². The molecule has 170 valence electrons. The number of hydrogen-bond donors (Lipinski definition) is 3. The van der Waals surface area contributed by atoms with Crippen LogP contribution >= 0.6 is 0 Å². The van der Waals surface area contributed by atoms with E-state index in [0.717, 1.165) is 5.56 Å². The summed E-state index contributed by atoms with van der Waals surface area (Å²) >= 11 is 0. The molecule has 2 rings (SSSR count). The Balaban J connectivity index is 2.03. The van der Waals surface area contributed by atoms with Crippen LogP contribution in [0.5, 0.6) is 0 Å². The monoisotopic (exact) mass is 449 g/mol. The van der Waals surface area contributed by atoms with E-state index in [0.29, 0.717) is 28.1 Å². The Morgan fingerprint density at radius 2 is 1.61 bits per heavy atom. The minimum atomic E-state index is -3.39. The number of carbonyl (C=O) groups is 2. The van der Waals surface area contributed by atoms with E-state index in [1.54, 1.807) is 65.8 Å². The number of nitrogens with one attached hydrogen (secondary N) is 3. The number of aryl methyl sites for hydroxylation is 1. The standard InChI is InChI=1S/C22H31N3O5S/c1-13(2)25-31(28,29)12-18-9-7-17(8-10-18)11-23-21(26)20-15(5)19(16(6)24-20)22(27)30-14(3)4/h7-10,13-14,24-25H,11-12H2,1-6H3,(H,23,26). The number of hydrogen-bond acceptors (Lipinski definition) is 5. The number of rotatable bonds is 9. The van der Waals surface area contributed by atoms with Crippen LogP contribution in [-0.4, -0.2) is 37.4 Å². The van der Waals surface area contributed by atoms with Crippen LogP contribution in [0.25, 0.3) is 0 Å². The summed E-state index contributed by atoms with van der Waals surface area (Å²) in [6, 6.07) is 6.85. The van der Waals surface area contributed by atoms with Crippen molar-refractivity contribution in [2.75, 3.05) is 0 Å². The summed E-state index contributed by atoms with van der Waals surface area (Å²) in [7, 11) is -3.39. The highest BCUT2D eigenvalue weighted by Crippen LogP contribution is 2.20. The van der Waals surface area contributed by atoms with Crippen molar-refractivity contribution < 1.29 is 22.7 Å². The first-order valence-corrected chi connectivity index (χ1v) is 11.8. The molecule has 1 aromatic carbocycles. The van der Waals surface area contributed by atoms with Gasteiger partial charge in [0.05, 0.1) is 17.4 Å². The van der Waals surface area contributed by atoms with Crippen molar-refractivity contribution in [3.63, 3.8) is 0 Å². The van der Waals surface area contributed by atoms with Crippen molar-refractivity contribution in [3.05, 3.63) is 57.9 Å². The molecular formula is C22H31N3O5S. The third-order valence-corrected chi connectivity index (χ3v) is 6.00. The minimum absolute atomic E-state index is 0.103. The maximum atomic E-state index is 12.6. The molecule has 0 aliphatic rings. The highest BCUT2D eigenvalue weighted by atomic mass is 32.2. The van der Waals surface area contributed by atoms with E-state index in [-0.39, 0.29) is 30.4 Å². The Labute approximate surface area is 183 Å². The maximum absolute atomic E-state index is 12.6. The molecule has 0 fully saturated rings. The lowest BCUT2D eigenvalue weighted by Crippen LogP contribution is -2.31. The van der Waals surface area contributed by atoms with E-state index in [4.69, 9.17) is 4.74 Å². The summed E-state index contributed by atoms with van der Waals surface area (Å²) in [5, 5.41) is 2.82. The second kappa shape index (κ2) is 10.1. The molecule has 0 radical (unpaired) electrons. The molecule has 9 heteroatoms. The van der Waals surface area contributed by atoms with Gasteiger partial charge in [-0.3, -0.25) is 4.79 Å². The molecule has 3 N–H and O–H groups in total. The third-order valence-electron chi connectivity index (χ3n) is 4.46. The number of ether oxygens (including phenoxy) is 1. The van der Waals surface area contributed by atoms with Crippen LogP contribution in [0.1, 0.15) is 70.9 Å². The summed E-state index contributed by atoms with van der Waals surface area (Å²) in [5.41, 5.74) is 3.29. The van der Waals surface area contributed by atoms with E-state index >= 15 is 0 Å². The van der Waals surface area contributed by atoms with Crippen molar-refractivity contribution in [3.8, 4) is 0 Å².